The fourth-order valence-corrected chi connectivity index (χ4v) is 4.42. The lowest BCUT2D eigenvalue weighted by Gasteiger charge is -2.21. The summed E-state index contributed by atoms with van der Waals surface area (Å²) in [7, 11) is 0. The molecule has 0 fully saturated rings. The first-order valence-corrected chi connectivity index (χ1v) is 13.1. The fourth-order valence-electron chi connectivity index (χ4n) is 4.25. The molecule has 5 aromatic carbocycles. The molecule has 0 bridgehead atoms. The second kappa shape index (κ2) is 11.5. The summed E-state index contributed by atoms with van der Waals surface area (Å²) in [5.41, 5.74) is 3.38. The van der Waals surface area contributed by atoms with Crippen LogP contribution in [0.1, 0.15) is 30.5 Å². The Kier molecular flexibility index (Phi) is 7.71. The van der Waals surface area contributed by atoms with E-state index in [1.54, 1.807) is 12.1 Å². The molecule has 5 rings (SSSR count). The topological polar surface area (TPSA) is 47.9 Å². The highest BCUT2D eigenvalue weighted by Crippen LogP contribution is 2.54. The molecular formula is C33H29ClO4. The lowest BCUT2D eigenvalue weighted by molar-refractivity contribution is 0.289. The molecule has 0 aliphatic rings. The molecule has 0 saturated heterocycles. The predicted molar refractivity (Wildman–Crippen MR) is 153 cm³/mol. The minimum atomic E-state index is -0.0747. The largest absolute Gasteiger partial charge is 0.504 e. The number of hydrogen-bond donors (Lipinski definition) is 1. The van der Waals surface area contributed by atoms with Crippen molar-refractivity contribution in [1.29, 1.82) is 0 Å². The van der Waals surface area contributed by atoms with Crippen LogP contribution in [0.5, 0.6) is 34.5 Å². The van der Waals surface area contributed by atoms with Crippen LogP contribution in [0.15, 0.2) is 97.1 Å². The molecule has 192 valence electrons. The molecule has 1 N–H and O–H groups in total. The number of ether oxygens (including phenoxy) is 3. The number of hydrogen-bond acceptors (Lipinski definition) is 4. The van der Waals surface area contributed by atoms with Crippen molar-refractivity contribution < 1.29 is 19.3 Å². The van der Waals surface area contributed by atoms with Gasteiger partial charge in [0.25, 0.3) is 0 Å². The van der Waals surface area contributed by atoms with Crippen LogP contribution in [0.2, 0.25) is 5.02 Å². The number of halogens is 1. The van der Waals surface area contributed by atoms with Crippen LogP contribution in [-0.2, 0) is 19.4 Å². The van der Waals surface area contributed by atoms with Crippen LogP contribution in [0.4, 0.5) is 0 Å². The minimum Gasteiger partial charge on any atom is -0.504 e. The van der Waals surface area contributed by atoms with Gasteiger partial charge in [-0.15, -0.1) is 0 Å². The van der Waals surface area contributed by atoms with Crippen LogP contribution < -0.4 is 14.2 Å². The summed E-state index contributed by atoms with van der Waals surface area (Å²) in [6.07, 6.45) is 1.84. The van der Waals surface area contributed by atoms with Gasteiger partial charge >= 0.3 is 0 Å². The van der Waals surface area contributed by atoms with Crippen molar-refractivity contribution in [2.75, 3.05) is 0 Å². The zero-order valence-electron chi connectivity index (χ0n) is 21.4. The van der Waals surface area contributed by atoms with Gasteiger partial charge in [0.05, 0.1) is 0 Å². The van der Waals surface area contributed by atoms with Crippen molar-refractivity contribution in [3.63, 3.8) is 0 Å². The van der Waals surface area contributed by atoms with E-state index in [9.17, 15) is 5.11 Å². The van der Waals surface area contributed by atoms with Crippen LogP contribution in [0.3, 0.4) is 0 Å². The number of fused-ring (bicyclic) bond motifs is 1. The summed E-state index contributed by atoms with van der Waals surface area (Å²) >= 11 is 6.34. The summed E-state index contributed by atoms with van der Waals surface area (Å²) < 4.78 is 19.1. The van der Waals surface area contributed by atoms with Crippen molar-refractivity contribution in [3.8, 4) is 34.5 Å². The second-order valence-electron chi connectivity index (χ2n) is 9.00. The molecule has 0 amide bonds. The molecule has 5 aromatic rings. The number of benzene rings is 5. The van der Waals surface area contributed by atoms with E-state index in [4.69, 9.17) is 25.8 Å². The Morgan fingerprint density at radius 3 is 1.76 bits per heavy atom. The molecule has 0 heterocycles. The van der Waals surface area contributed by atoms with Gasteiger partial charge in [-0.25, -0.2) is 0 Å². The summed E-state index contributed by atoms with van der Waals surface area (Å²) in [5.74, 6) is 2.00. The van der Waals surface area contributed by atoms with E-state index < -0.39 is 0 Å². The minimum absolute atomic E-state index is 0.0747. The van der Waals surface area contributed by atoms with E-state index in [1.807, 2.05) is 84.9 Å². The molecular weight excluding hydrogens is 496 g/mol. The van der Waals surface area contributed by atoms with Crippen molar-refractivity contribution in [2.24, 2.45) is 0 Å². The number of aryl methyl sites for hydroxylation is 2. The number of phenols is 1. The molecule has 0 radical (unpaired) electrons. The van der Waals surface area contributed by atoms with Gasteiger partial charge in [0.15, 0.2) is 11.5 Å². The molecule has 0 aliphatic carbocycles. The van der Waals surface area contributed by atoms with Gasteiger partial charge in [0, 0.05) is 15.8 Å². The van der Waals surface area contributed by atoms with E-state index in [0.717, 1.165) is 18.4 Å². The van der Waals surface area contributed by atoms with E-state index in [0.29, 0.717) is 39.7 Å². The van der Waals surface area contributed by atoms with Crippen LogP contribution in [0.25, 0.3) is 10.8 Å². The van der Waals surface area contributed by atoms with Gasteiger partial charge in [-0.2, -0.15) is 0 Å². The predicted octanol–water partition coefficient (Wildman–Crippen LogP) is 9.49. The molecule has 0 spiro atoms. The van der Waals surface area contributed by atoms with E-state index in [2.05, 4.69) is 13.8 Å². The van der Waals surface area contributed by atoms with E-state index in [-0.39, 0.29) is 17.2 Å². The highest BCUT2D eigenvalue weighted by molar-refractivity contribution is 6.31. The lowest BCUT2D eigenvalue weighted by Crippen LogP contribution is -2.01. The zero-order valence-corrected chi connectivity index (χ0v) is 22.2. The highest BCUT2D eigenvalue weighted by Gasteiger charge is 2.25. The number of aromatic hydroxyl groups is 1. The van der Waals surface area contributed by atoms with Crippen LogP contribution in [0, 0.1) is 0 Å². The molecule has 0 aliphatic heterocycles. The Labute approximate surface area is 228 Å². The van der Waals surface area contributed by atoms with Gasteiger partial charge in [-0.3, -0.25) is 0 Å². The van der Waals surface area contributed by atoms with Crippen LogP contribution in [-0.4, -0.2) is 5.11 Å². The van der Waals surface area contributed by atoms with Gasteiger partial charge in [-0.1, -0.05) is 80.0 Å². The average Bonchev–Trinajstić information content (AvgIpc) is 2.96. The Balaban J connectivity index is 1.67. The normalized spacial score (nSPS) is 10.9. The highest BCUT2D eigenvalue weighted by atomic mass is 35.5. The van der Waals surface area contributed by atoms with Crippen molar-refractivity contribution in [1.82, 2.24) is 0 Å². The standard InChI is InChI=1S/C33H29ClO4/c1-3-22-10-15-26(16-11-22)37-32-30(35)29-20-25(34)14-19-28(29)31(36-21-24-8-6-5-7-9-24)33(32)38-27-17-12-23(4-2)13-18-27/h5-20,35H,3-4,21H2,1-2H3. The molecule has 38 heavy (non-hydrogen) atoms. The van der Waals surface area contributed by atoms with Crippen molar-refractivity contribution >= 4 is 22.4 Å². The first-order valence-electron chi connectivity index (χ1n) is 12.7. The molecule has 0 aromatic heterocycles. The monoisotopic (exact) mass is 524 g/mol. The first-order chi connectivity index (χ1) is 18.6. The maximum atomic E-state index is 11.5. The third kappa shape index (κ3) is 5.56. The smallest absolute Gasteiger partial charge is 0.216 e. The maximum absolute atomic E-state index is 11.5. The van der Waals surface area contributed by atoms with Crippen molar-refractivity contribution in [3.05, 3.63) is 119 Å². The van der Waals surface area contributed by atoms with Gasteiger partial charge in [-0.05, 0) is 72.0 Å². The number of phenolic OH excluding ortho intramolecular Hbond substituents is 1. The molecule has 0 saturated carbocycles. The van der Waals surface area contributed by atoms with E-state index >= 15 is 0 Å². The Hall–Kier alpha value is -4.15. The third-order valence-electron chi connectivity index (χ3n) is 6.44. The Bertz CT molecular complexity index is 1530. The summed E-state index contributed by atoms with van der Waals surface area (Å²) in [4.78, 5) is 0. The second-order valence-corrected chi connectivity index (χ2v) is 9.44. The van der Waals surface area contributed by atoms with Crippen LogP contribution >= 0.6 is 11.6 Å². The Morgan fingerprint density at radius 2 is 1.18 bits per heavy atom. The first kappa shape index (κ1) is 25.5. The summed E-state index contributed by atoms with van der Waals surface area (Å²) in [6, 6.07) is 30.8. The van der Waals surface area contributed by atoms with E-state index in [1.165, 1.54) is 11.1 Å². The summed E-state index contributed by atoms with van der Waals surface area (Å²) in [5, 5.41) is 13.1. The van der Waals surface area contributed by atoms with Gasteiger partial charge < -0.3 is 19.3 Å². The average molecular weight is 525 g/mol. The SMILES string of the molecule is CCc1ccc(Oc2c(Oc3ccc(CC)cc3)c(OCc3ccccc3)c3ccc(Cl)cc3c2O)cc1. The molecule has 0 atom stereocenters. The Morgan fingerprint density at radius 1 is 0.605 bits per heavy atom. The van der Waals surface area contributed by atoms with Gasteiger partial charge in [0.2, 0.25) is 11.5 Å². The lowest BCUT2D eigenvalue weighted by atomic mass is 10.1. The summed E-state index contributed by atoms with van der Waals surface area (Å²) in [6.45, 7) is 4.51. The van der Waals surface area contributed by atoms with Gasteiger partial charge in [0.1, 0.15) is 18.1 Å². The maximum Gasteiger partial charge on any atom is 0.216 e. The third-order valence-corrected chi connectivity index (χ3v) is 6.67. The fraction of sp³-hybridized carbons (Fsp3) is 0.152. The quantitative estimate of drug-likeness (QED) is 0.208. The van der Waals surface area contributed by atoms with Crippen molar-refractivity contribution in [2.45, 2.75) is 33.3 Å². The molecule has 0 unspecified atom stereocenters. The zero-order chi connectivity index (χ0) is 26.5. The molecule has 4 nitrogen and oxygen atoms in total. The molecule has 5 heteroatoms. The number of rotatable bonds is 9.